The van der Waals surface area contributed by atoms with Gasteiger partial charge in [0.15, 0.2) is 0 Å². The van der Waals surface area contributed by atoms with Gasteiger partial charge in [-0.2, -0.15) is 0 Å². The van der Waals surface area contributed by atoms with Crippen LogP contribution in [0.3, 0.4) is 0 Å². The summed E-state index contributed by atoms with van der Waals surface area (Å²) in [4.78, 5) is 10.4. The lowest BCUT2D eigenvalue weighted by atomic mass is 10.0. The van der Waals surface area contributed by atoms with E-state index in [1.807, 2.05) is 43.4 Å². The van der Waals surface area contributed by atoms with Crippen LogP contribution in [0, 0.1) is 0 Å². The molecule has 1 rings (SSSR count). The van der Waals surface area contributed by atoms with E-state index in [1.165, 1.54) is 6.08 Å². The molecule has 1 saturated heterocycles. The standard InChI is InChI=1S/C22H34O6/c1-2-3-8-11-17(23)14-15-18(24)21-16-19(25)20(28-21)12-9-6-4-5-7-10-13-22(26)27/h3,5-9,14-15,17-21,23-25H,2,4,10-13,16H2,1H3,(H,26,27)/b7-5-,8-3-,9-6-,15-14+/t17-,18+,19+,20-,21+/m0/s1. The molecule has 0 aliphatic carbocycles. The van der Waals surface area contributed by atoms with Crippen molar-refractivity contribution < 1.29 is 30.0 Å². The van der Waals surface area contributed by atoms with Crippen LogP contribution in [0.5, 0.6) is 0 Å². The summed E-state index contributed by atoms with van der Waals surface area (Å²) >= 11 is 0. The van der Waals surface area contributed by atoms with Crippen molar-refractivity contribution >= 4 is 5.97 Å². The third-order valence-corrected chi connectivity index (χ3v) is 4.44. The Morgan fingerprint density at radius 1 is 1.11 bits per heavy atom. The quantitative estimate of drug-likeness (QED) is 0.358. The topological polar surface area (TPSA) is 107 Å². The second-order valence-corrected chi connectivity index (χ2v) is 6.92. The van der Waals surface area contributed by atoms with Crippen LogP contribution in [0.2, 0.25) is 0 Å². The Hall–Kier alpha value is -1.73. The van der Waals surface area contributed by atoms with E-state index < -0.39 is 30.4 Å². The Bertz CT molecular complexity index is 551. The van der Waals surface area contributed by atoms with Crippen molar-refractivity contribution in [2.45, 2.75) is 82.4 Å². The van der Waals surface area contributed by atoms with Gasteiger partial charge in [-0.1, -0.05) is 55.5 Å². The van der Waals surface area contributed by atoms with E-state index in [9.17, 15) is 20.1 Å². The van der Waals surface area contributed by atoms with Gasteiger partial charge in [-0.15, -0.1) is 0 Å². The molecule has 5 atom stereocenters. The number of carbonyl (C=O) groups is 1. The molecular weight excluding hydrogens is 360 g/mol. The zero-order valence-electron chi connectivity index (χ0n) is 16.6. The maximum absolute atomic E-state index is 10.4. The van der Waals surface area contributed by atoms with Gasteiger partial charge < -0.3 is 25.2 Å². The number of aliphatic hydroxyl groups is 3. The van der Waals surface area contributed by atoms with Crippen LogP contribution >= 0.6 is 0 Å². The van der Waals surface area contributed by atoms with Crippen LogP contribution in [0.1, 0.15) is 51.9 Å². The summed E-state index contributed by atoms with van der Waals surface area (Å²) in [5.74, 6) is -0.804. The molecular formula is C22H34O6. The maximum Gasteiger partial charge on any atom is 0.303 e. The lowest BCUT2D eigenvalue weighted by molar-refractivity contribution is -0.136. The molecule has 0 radical (unpaired) electrons. The first kappa shape index (κ1) is 24.3. The van der Waals surface area contributed by atoms with Crippen molar-refractivity contribution in [1.29, 1.82) is 0 Å². The van der Waals surface area contributed by atoms with E-state index in [4.69, 9.17) is 9.84 Å². The average molecular weight is 395 g/mol. The summed E-state index contributed by atoms with van der Waals surface area (Å²) in [6.07, 6.45) is 15.2. The molecule has 0 spiro atoms. The third kappa shape index (κ3) is 10.6. The number of allylic oxidation sites excluding steroid dienone is 4. The van der Waals surface area contributed by atoms with E-state index >= 15 is 0 Å². The van der Waals surface area contributed by atoms with Crippen molar-refractivity contribution in [3.05, 3.63) is 48.6 Å². The minimum atomic E-state index is -0.870. The summed E-state index contributed by atoms with van der Waals surface area (Å²) in [7, 11) is 0. The molecule has 0 unspecified atom stereocenters. The van der Waals surface area contributed by atoms with E-state index in [0.717, 1.165) is 6.42 Å². The summed E-state index contributed by atoms with van der Waals surface area (Å²) in [5.41, 5.74) is 0. The first-order valence-corrected chi connectivity index (χ1v) is 9.98. The predicted octanol–water partition coefficient (Wildman–Crippen LogP) is 2.90. The van der Waals surface area contributed by atoms with Crippen molar-refractivity contribution in [3.63, 3.8) is 0 Å². The molecule has 1 aliphatic heterocycles. The molecule has 0 aromatic heterocycles. The van der Waals surface area contributed by atoms with Gasteiger partial charge >= 0.3 is 5.97 Å². The van der Waals surface area contributed by atoms with Crippen molar-refractivity contribution in [1.82, 2.24) is 0 Å². The number of ether oxygens (including phenoxy) is 1. The SMILES string of the molecule is CC/C=C\C[C@H](O)/C=C/[C@@H](O)[C@H]1C[C@@H](O)[C@H](C/C=C\C/C=C\CCC(=O)O)O1. The molecule has 0 bridgehead atoms. The van der Waals surface area contributed by atoms with Crippen LogP contribution in [0.15, 0.2) is 48.6 Å². The third-order valence-electron chi connectivity index (χ3n) is 4.44. The van der Waals surface area contributed by atoms with Gasteiger partial charge in [-0.25, -0.2) is 0 Å². The number of hydrogen-bond acceptors (Lipinski definition) is 5. The van der Waals surface area contributed by atoms with E-state index in [0.29, 0.717) is 32.1 Å². The highest BCUT2D eigenvalue weighted by Crippen LogP contribution is 2.26. The van der Waals surface area contributed by atoms with Crippen LogP contribution in [-0.2, 0) is 9.53 Å². The maximum atomic E-state index is 10.4. The lowest BCUT2D eigenvalue weighted by Crippen LogP contribution is -2.24. The summed E-state index contributed by atoms with van der Waals surface area (Å²) in [6.45, 7) is 2.02. The molecule has 1 heterocycles. The zero-order chi connectivity index (χ0) is 20.8. The largest absolute Gasteiger partial charge is 0.481 e. The fraction of sp³-hybridized carbons (Fsp3) is 0.591. The van der Waals surface area contributed by atoms with Crippen LogP contribution in [-0.4, -0.2) is 56.9 Å². The van der Waals surface area contributed by atoms with Crippen LogP contribution in [0.4, 0.5) is 0 Å². The average Bonchev–Trinajstić information content (AvgIpc) is 3.02. The van der Waals surface area contributed by atoms with Gasteiger partial charge in [-0.3, -0.25) is 4.79 Å². The van der Waals surface area contributed by atoms with Crippen LogP contribution in [0.25, 0.3) is 0 Å². The second kappa shape index (κ2) is 14.3. The Labute approximate surface area is 167 Å². The Morgan fingerprint density at radius 3 is 2.57 bits per heavy atom. The Kier molecular flexibility index (Phi) is 12.4. The Balaban J connectivity index is 2.32. The molecule has 28 heavy (non-hydrogen) atoms. The van der Waals surface area contributed by atoms with Crippen molar-refractivity contribution in [2.75, 3.05) is 0 Å². The molecule has 1 fully saturated rings. The fourth-order valence-corrected chi connectivity index (χ4v) is 2.87. The van der Waals surface area contributed by atoms with Gasteiger partial charge in [0, 0.05) is 12.8 Å². The first-order chi connectivity index (χ1) is 13.4. The molecule has 0 amide bonds. The monoisotopic (exact) mass is 394 g/mol. The second-order valence-electron chi connectivity index (χ2n) is 6.92. The first-order valence-electron chi connectivity index (χ1n) is 9.98. The number of rotatable bonds is 13. The summed E-state index contributed by atoms with van der Waals surface area (Å²) in [5, 5.41) is 38.7. The predicted molar refractivity (Wildman–Crippen MR) is 109 cm³/mol. The number of carboxylic acids is 1. The number of aliphatic hydroxyl groups excluding tert-OH is 3. The molecule has 0 aromatic rings. The van der Waals surface area contributed by atoms with Crippen molar-refractivity contribution in [3.8, 4) is 0 Å². The summed E-state index contributed by atoms with van der Waals surface area (Å²) in [6, 6.07) is 0. The fourth-order valence-electron chi connectivity index (χ4n) is 2.87. The number of aliphatic carboxylic acids is 1. The molecule has 6 heteroatoms. The minimum absolute atomic E-state index is 0.132. The van der Waals surface area contributed by atoms with Gasteiger partial charge in [0.2, 0.25) is 0 Å². The van der Waals surface area contributed by atoms with Gasteiger partial charge in [0.25, 0.3) is 0 Å². The van der Waals surface area contributed by atoms with Crippen LogP contribution < -0.4 is 0 Å². The molecule has 0 aromatic carbocycles. The van der Waals surface area contributed by atoms with E-state index in [1.54, 1.807) is 6.08 Å². The molecule has 6 nitrogen and oxygen atoms in total. The summed E-state index contributed by atoms with van der Waals surface area (Å²) < 4.78 is 5.76. The lowest BCUT2D eigenvalue weighted by Gasteiger charge is -2.16. The van der Waals surface area contributed by atoms with E-state index in [-0.39, 0.29) is 12.5 Å². The highest BCUT2D eigenvalue weighted by Gasteiger charge is 2.36. The zero-order valence-corrected chi connectivity index (χ0v) is 16.6. The number of carboxylic acid groups (broad SMARTS) is 1. The van der Waals surface area contributed by atoms with Gasteiger partial charge in [-0.05, 0) is 32.1 Å². The molecule has 158 valence electrons. The number of hydrogen-bond donors (Lipinski definition) is 4. The Morgan fingerprint density at radius 2 is 1.86 bits per heavy atom. The normalized spacial score (nSPS) is 25.5. The minimum Gasteiger partial charge on any atom is -0.481 e. The van der Waals surface area contributed by atoms with Gasteiger partial charge in [0.05, 0.1) is 30.5 Å². The van der Waals surface area contributed by atoms with E-state index in [2.05, 4.69) is 0 Å². The highest BCUT2D eigenvalue weighted by atomic mass is 16.5. The van der Waals surface area contributed by atoms with Crippen molar-refractivity contribution in [2.24, 2.45) is 0 Å². The van der Waals surface area contributed by atoms with Gasteiger partial charge in [0.1, 0.15) is 0 Å². The highest BCUT2D eigenvalue weighted by molar-refractivity contribution is 5.66. The smallest absolute Gasteiger partial charge is 0.303 e. The molecule has 1 aliphatic rings. The molecule has 4 N–H and O–H groups in total. The molecule has 0 saturated carbocycles.